The van der Waals surface area contributed by atoms with Crippen LogP contribution < -0.4 is 10.5 Å². The zero-order valence-corrected chi connectivity index (χ0v) is 12.6. The molecule has 1 aromatic carbocycles. The molecule has 2 aliphatic heterocycles. The SMILES string of the molecule is Nc1cc2c(c(S(=O)(=O)N3CCCC(O)C3)c1)OCCC2. The molecule has 0 radical (unpaired) electrons. The average molecular weight is 312 g/mol. The quantitative estimate of drug-likeness (QED) is 0.786. The number of fused-ring (bicyclic) bond motifs is 1. The van der Waals surface area contributed by atoms with E-state index in [2.05, 4.69) is 0 Å². The number of rotatable bonds is 2. The number of aliphatic hydroxyl groups is 1. The van der Waals surface area contributed by atoms with Gasteiger partial charge in [0.25, 0.3) is 0 Å². The second-order valence-corrected chi connectivity index (χ2v) is 7.52. The Morgan fingerprint density at radius 2 is 2.14 bits per heavy atom. The summed E-state index contributed by atoms with van der Waals surface area (Å²) >= 11 is 0. The monoisotopic (exact) mass is 312 g/mol. The van der Waals surface area contributed by atoms with Crippen LogP contribution in [0, 0.1) is 0 Å². The predicted octanol–water partition coefficient (Wildman–Crippen LogP) is 0.739. The van der Waals surface area contributed by atoms with Gasteiger partial charge in [-0.15, -0.1) is 0 Å². The fourth-order valence-electron chi connectivity index (χ4n) is 2.94. The van der Waals surface area contributed by atoms with Crippen LogP contribution >= 0.6 is 0 Å². The van der Waals surface area contributed by atoms with Crippen molar-refractivity contribution in [2.24, 2.45) is 0 Å². The molecule has 2 aliphatic rings. The number of piperidine rings is 1. The molecule has 1 aromatic rings. The number of hydrogen-bond donors (Lipinski definition) is 2. The van der Waals surface area contributed by atoms with Crippen molar-refractivity contribution in [3.63, 3.8) is 0 Å². The molecule has 1 saturated heterocycles. The van der Waals surface area contributed by atoms with Gasteiger partial charge in [-0.3, -0.25) is 0 Å². The van der Waals surface area contributed by atoms with E-state index in [-0.39, 0.29) is 11.4 Å². The number of ether oxygens (including phenoxy) is 1. The third kappa shape index (κ3) is 2.73. The summed E-state index contributed by atoms with van der Waals surface area (Å²) < 4.78 is 32.6. The minimum atomic E-state index is -3.69. The molecule has 3 N–H and O–H groups in total. The first kappa shape index (κ1) is 14.6. The Morgan fingerprint density at radius 3 is 2.90 bits per heavy atom. The summed E-state index contributed by atoms with van der Waals surface area (Å²) in [6, 6.07) is 3.24. The van der Waals surface area contributed by atoms with Crippen molar-refractivity contribution < 1.29 is 18.3 Å². The van der Waals surface area contributed by atoms with E-state index in [1.54, 1.807) is 6.07 Å². The largest absolute Gasteiger partial charge is 0.492 e. The zero-order valence-electron chi connectivity index (χ0n) is 11.8. The highest BCUT2D eigenvalue weighted by molar-refractivity contribution is 7.89. The number of aryl methyl sites for hydroxylation is 1. The number of hydrogen-bond acceptors (Lipinski definition) is 5. The van der Waals surface area contributed by atoms with Crippen molar-refractivity contribution in [3.05, 3.63) is 17.7 Å². The fourth-order valence-corrected chi connectivity index (χ4v) is 4.67. The summed E-state index contributed by atoms with van der Waals surface area (Å²) in [4.78, 5) is 0.131. The molecular formula is C14H20N2O4S. The summed E-state index contributed by atoms with van der Waals surface area (Å²) in [6.45, 7) is 1.07. The lowest BCUT2D eigenvalue weighted by molar-refractivity contribution is 0.108. The highest BCUT2D eigenvalue weighted by Crippen LogP contribution is 2.36. The van der Waals surface area contributed by atoms with Crippen molar-refractivity contribution in [2.75, 3.05) is 25.4 Å². The first-order valence-corrected chi connectivity index (χ1v) is 8.66. The van der Waals surface area contributed by atoms with E-state index < -0.39 is 16.1 Å². The van der Waals surface area contributed by atoms with Crippen LogP contribution in [0.1, 0.15) is 24.8 Å². The van der Waals surface area contributed by atoms with Gasteiger partial charge in [0.15, 0.2) is 0 Å². The Hall–Kier alpha value is -1.31. The zero-order chi connectivity index (χ0) is 15.0. The van der Waals surface area contributed by atoms with Crippen LogP contribution in [0.25, 0.3) is 0 Å². The van der Waals surface area contributed by atoms with Crippen LogP contribution in [0.3, 0.4) is 0 Å². The first-order chi connectivity index (χ1) is 9.98. The number of β-amino-alcohol motifs (C(OH)–C–C–N with tert-alkyl or cyclic N) is 1. The van der Waals surface area contributed by atoms with E-state index in [0.717, 1.165) is 18.4 Å². The molecule has 0 bridgehead atoms. The minimum Gasteiger partial charge on any atom is -0.492 e. The van der Waals surface area contributed by atoms with Crippen molar-refractivity contribution in [1.29, 1.82) is 0 Å². The van der Waals surface area contributed by atoms with E-state index in [1.165, 1.54) is 10.4 Å². The van der Waals surface area contributed by atoms with Gasteiger partial charge in [0.05, 0.1) is 12.7 Å². The molecular weight excluding hydrogens is 292 g/mol. The van der Waals surface area contributed by atoms with Gasteiger partial charge in [-0.05, 0) is 43.4 Å². The van der Waals surface area contributed by atoms with E-state index >= 15 is 0 Å². The maximum Gasteiger partial charge on any atom is 0.246 e. The Labute approximate surface area is 124 Å². The lowest BCUT2D eigenvalue weighted by Gasteiger charge is -2.30. The number of benzene rings is 1. The molecule has 1 fully saturated rings. The molecule has 7 heteroatoms. The molecule has 6 nitrogen and oxygen atoms in total. The molecule has 1 atom stereocenters. The average Bonchev–Trinajstić information content (AvgIpc) is 2.46. The predicted molar refractivity (Wildman–Crippen MR) is 78.7 cm³/mol. The normalized spacial score (nSPS) is 23.4. The summed E-state index contributed by atoms with van der Waals surface area (Å²) in [6.07, 6.45) is 2.32. The molecule has 0 amide bonds. The van der Waals surface area contributed by atoms with Crippen molar-refractivity contribution in [2.45, 2.75) is 36.7 Å². The van der Waals surface area contributed by atoms with Crippen molar-refractivity contribution in [3.8, 4) is 5.75 Å². The number of anilines is 1. The molecule has 21 heavy (non-hydrogen) atoms. The minimum absolute atomic E-state index is 0.131. The van der Waals surface area contributed by atoms with Gasteiger partial charge in [-0.25, -0.2) is 8.42 Å². The number of sulfonamides is 1. The Morgan fingerprint density at radius 1 is 1.33 bits per heavy atom. The van der Waals surface area contributed by atoms with Gasteiger partial charge < -0.3 is 15.6 Å². The molecule has 0 spiro atoms. The van der Waals surface area contributed by atoms with Gasteiger partial charge in [-0.1, -0.05) is 0 Å². The summed E-state index contributed by atoms with van der Waals surface area (Å²) in [7, 11) is -3.69. The van der Waals surface area contributed by atoms with Gasteiger partial charge in [0.1, 0.15) is 10.6 Å². The third-order valence-corrected chi connectivity index (χ3v) is 5.84. The standard InChI is InChI=1S/C14H20N2O4S/c15-11-7-10-3-2-6-20-14(10)13(8-11)21(18,19)16-5-1-4-12(17)9-16/h7-8,12,17H,1-6,9,15H2. The molecule has 116 valence electrons. The van der Waals surface area contributed by atoms with E-state index in [1.807, 2.05) is 0 Å². The fraction of sp³-hybridized carbons (Fsp3) is 0.571. The van der Waals surface area contributed by atoms with Crippen LogP contribution in [0.2, 0.25) is 0 Å². The summed E-state index contributed by atoms with van der Waals surface area (Å²) in [5, 5.41) is 9.72. The second kappa shape index (κ2) is 5.47. The van der Waals surface area contributed by atoms with Crippen LogP contribution in [-0.4, -0.2) is 43.6 Å². The van der Waals surface area contributed by atoms with Gasteiger partial charge >= 0.3 is 0 Å². The molecule has 0 saturated carbocycles. The second-order valence-electron chi connectivity index (χ2n) is 5.62. The van der Waals surface area contributed by atoms with Gasteiger partial charge in [0, 0.05) is 18.8 Å². The molecule has 1 unspecified atom stereocenters. The Balaban J connectivity index is 2.04. The number of nitrogen functional groups attached to an aromatic ring is 1. The topological polar surface area (TPSA) is 92.9 Å². The Kier molecular flexibility index (Phi) is 3.81. The number of nitrogens with zero attached hydrogens (tertiary/aromatic N) is 1. The maximum absolute atomic E-state index is 12.8. The molecule has 2 heterocycles. The Bertz CT molecular complexity index is 645. The van der Waals surface area contributed by atoms with Crippen LogP contribution in [0.15, 0.2) is 17.0 Å². The lowest BCUT2D eigenvalue weighted by Crippen LogP contribution is -2.42. The molecule has 0 aliphatic carbocycles. The maximum atomic E-state index is 12.8. The van der Waals surface area contributed by atoms with E-state index in [9.17, 15) is 13.5 Å². The number of nitrogens with two attached hydrogens (primary N) is 1. The van der Waals surface area contributed by atoms with E-state index in [0.29, 0.717) is 37.4 Å². The molecule has 3 rings (SSSR count). The summed E-state index contributed by atoms with van der Waals surface area (Å²) in [5.74, 6) is 0.426. The highest BCUT2D eigenvalue weighted by Gasteiger charge is 2.33. The number of aliphatic hydroxyl groups excluding tert-OH is 1. The van der Waals surface area contributed by atoms with Crippen LogP contribution in [0.4, 0.5) is 5.69 Å². The van der Waals surface area contributed by atoms with Crippen LogP contribution in [0.5, 0.6) is 5.75 Å². The van der Waals surface area contributed by atoms with Crippen molar-refractivity contribution >= 4 is 15.7 Å². The van der Waals surface area contributed by atoms with Gasteiger partial charge in [0.2, 0.25) is 10.0 Å². The van der Waals surface area contributed by atoms with E-state index in [4.69, 9.17) is 10.5 Å². The molecule has 0 aromatic heterocycles. The third-order valence-electron chi connectivity index (χ3n) is 3.97. The first-order valence-electron chi connectivity index (χ1n) is 7.22. The summed E-state index contributed by atoms with van der Waals surface area (Å²) in [5.41, 5.74) is 7.12. The lowest BCUT2D eigenvalue weighted by atomic mass is 10.1. The van der Waals surface area contributed by atoms with Gasteiger partial charge in [-0.2, -0.15) is 4.31 Å². The van der Waals surface area contributed by atoms with Crippen molar-refractivity contribution in [1.82, 2.24) is 4.31 Å². The van der Waals surface area contributed by atoms with Crippen LogP contribution in [-0.2, 0) is 16.4 Å². The highest BCUT2D eigenvalue weighted by atomic mass is 32.2. The smallest absolute Gasteiger partial charge is 0.246 e.